The molecule has 0 amide bonds. The average Bonchev–Trinajstić information content (AvgIpc) is 2.65. The maximum absolute atomic E-state index is 10.2. The molecule has 3 saturated carbocycles. The number of aliphatic hydroxyl groups is 1. The van der Waals surface area contributed by atoms with E-state index in [9.17, 15) is 5.11 Å². The van der Waals surface area contributed by atoms with E-state index in [1.165, 1.54) is 70.6 Å². The van der Waals surface area contributed by atoms with Crippen molar-refractivity contribution in [3.05, 3.63) is 11.6 Å². The number of unbranched alkanes of at least 4 members (excludes halogenated alkanes) is 1. The first kappa shape index (κ1) is 21.0. The number of rotatable bonds is 5. The molecule has 160 valence electrons. The van der Waals surface area contributed by atoms with Crippen molar-refractivity contribution in [3.8, 4) is 0 Å². The third kappa shape index (κ3) is 3.63. The van der Waals surface area contributed by atoms with Crippen LogP contribution in [0.4, 0.5) is 0 Å². The van der Waals surface area contributed by atoms with Gasteiger partial charge in [-0.15, -0.1) is 0 Å². The maximum Gasteiger partial charge on any atom is 0.0577 e. The molecule has 1 heteroatoms. The second-order valence-electron chi connectivity index (χ2n) is 12.0. The first-order valence-corrected chi connectivity index (χ1v) is 12.7. The Morgan fingerprint density at radius 2 is 1.86 bits per heavy atom. The Labute approximate surface area is 174 Å². The van der Waals surface area contributed by atoms with Crippen molar-refractivity contribution in [1.82, 2.24) is 0 Å². The summed E-state index contributed by atoms with van der Waals surface area (Å²) in [6, 6.07) is 0. The van der Waals surface area contributed by atoms with Gasteiger partial charge < -0.3 is 5.11 Å². The summed E-state index contributed by atoms with van der Waals surface area (Å²) in [7, 11) is 0. The first-order valence-electron chi connectivity index (χ1n) is 12.7. The van der Waals surface area contributed by atoms with Crippen molar-refractivity contribution in [2.45, 2.75) is 117 Å². The van der Waals surface area contributed by atoms with Gasteiger partial charge in [-0.2, -0.15) is 0 Å². The minimum atomic E-state index is -0.0744. The highest BCUT2D eigenvalue weighted by atomic mass is 16.3. The Kier molecular flexibility index (Phi) is 6.05. The van der Waals surface area contributed by atoms with Crippen LogP contribution >= 0.6 is 0 Å². The van der Waals surface area contributed by atoms with E-state index >= 15 is 0 Å². The Hall–Kier alpha value is -0.300. The van der Waals surface area contributed by atoms with Gasteiger partial charge in [0, 0.05) is 0 Å². The summed E-state index contributed by atoms with van der Waals surface area (Å²) in [6.45, 7) is 10.0. The van der Waals surface area contributed by atoms with Crippen LogP contribution in [0.25, 0.3) is 0 Å². The summed E-state index contributed by atoms with van der Waals surface area (Å²) >= 11 is 0. The zero-order chi connectivity index (χ0) is 19.9. The Balaban J connectivity index is 1.48. The smallest absolute Gasteiger partial charge is 0.0577 e. The van der Waals surface area contributed by atoms with Crippen LogP contribution in [0, 0.1) is 40.4 Å². The minimum Gasteiger partial charge on any atom is -0.393 e. The Morgan fingerprint density at radius 3 is 2.64 bits per heavy atom. The zero-order valence-electron chi connectivity index (χ0n) is 19.2. The van der Waals surface area contributed by atoms with Gasteiger partial charge >= 0.3 is 0 Å². The van der Waals surface area contributed by atoms with Crippen molar-refractivity contribution in [1.29, 1.82) is 0 Å². The number of aliphatic hydroxyl groups excluding tert-OH is 1. The van der Waals surface area contributed by atoms with Crippen LogP contribution in [0.15, 0.2) is 11.6 Å². The molecule has 4 aliphatic rings. The standard InChI is InChI=1S/C27H46O/c1-19(2)8-5-6-9-20-10-7-11-24-23-13-12-21-18-22(28)14-16-27(21,4)25(23)15-17-26(20,24)3/h12,19-20,22-25,28H,5-11,13-18H2,1-4H3. The van der Waals surface area contributed by atoms with Gasteiger partial charge in [-0.25, -0.2) is 0 Å². The number of hydrogen-bond donors (Lipinski definition) is 1. The SMILES string of the molecule is CC(C)CCCCC1CCCC2C3CC=C4CC(O)CCC4(C)C3CCC12C. The lowest BCUT2D eigenvalue weighted by atomic mass is 9.43. The predicted octanol–water partition coefficient (Wildman–Crippen LogP) is 7.53. The molecule has 1 nitrogen and oxygen atoms in total. The Morgan fingerprint density at radius 1 is 1.04 bits per heavy atom. The fourth-order valence-electron chi connectivity index (χ4n) is 8.37. The molecular weight excluding hydrogens is 340 g/mol. The van der Waals surface area contributed by atoms with Crippen LogP contribution in [0.1, 0.15) is 111 Å². The molecular formula is C27H46O. The Bertz CT molecular complexity index is 577. The second-order valence-corrected chi connectivity index (χ2v) is 12.0. The predicted molar refractivity (Wildman–Crippen MR) is 119 cm³/mol. The molecule has 7 unspecified atom stereocenters. The molecule has 4 rings (SSSR count). The lowest BCUT2D eigenvalue weighted by Crippen LogP contribution is -2.53. The van der Waals surface area contributed by atoms with Gasteiger partial charge in [0.25, 0.3) is 0 Å². The van der Waals surface area contributed by atoms with Crippen LogP contribution in [0.3, 0.4) is 0 Å². The molecule has 0 aromatic rings. The lowest BCUT2D eigenvalue weighted by Gasteiger charge is -2.62. The summed E-state index contributed by atoms with van der Waals surface area (Å²) in [4.78, 5) is 0. The fraction of sp³-hybridized carbons (Fsp3) is 0.926. The van der Waals surface area contributed by atoms with Crippen LogP contribution in [0.2, 0.25) is 0 Å². The van der Waals surface area contributed by atoms with Gasteiger partial charge in [-0.1, -0.05) is 65.0 Å². The lowest BCUT2D eigenvalue weighted by molar-refractivity contribution is -0.0988. The molecule has 7 atom stereocenters. The molecule has 0 heterocycles. The van der Waals surface area contributed by atoms with Gasteiger partial charge in [-0.05, 0) is 98.2 Å². The minimum absolute atomic E-state index is 0.0744. The van der Waals surface area contributed by atoms with Gasteiger partial charge in [0.2, 0.25) is 0 Å². The fourth-order valence-corrected chi connectivity index (χ4v) is 8.37. The summed E-state index contributed by atoms with van der Waals surface area (Å²) < 4.78 is 0. The molecule has 28 heavy (non-hydrogen) atoms. The van der Waals surface area contributed by atoms with Gasteiger partial charge in [-0.3, -0.25) is 0 Å². The van der Waals surface area contributed by atoms with Crippen molar-refractivity contribution in [2.75, 3.05) is 0 Å². The quantitative estimate of drug-likeness (QED) is 0.382. The zero-order valence-corrected chi connectivity index (χ0v) is 19.2. The van der Waals surface area contributed by atoms with Gasteiger partial charge in [0.15, 0.2) is 0 Å². The van der Waals surface area contributed by atoms with Crippen LogP contribution in [0.5, 0.6) is 0 Å². The number of fused-ring (bicyclic) bond motifs is 5. The molecule has 3 fully saturated rings. The molecule has 0 spiro atoms. The molecule has 0 aliphatic heterocycles. The van der Waals surface area contributed by atoms with Crippen molar-refractivity contribution in [2.24, 2.45) is 40.4 Å². The third-order valence-corrected chi connectivity index (χ3v) is 10.1. The van der Waals surface area contributed by atoms with E-state index < -0.39 is 0 Å². The average molecular weight is 387 g/mol. The van der Waals surface area contributed by atoms with E-state index in [-0.39, 0.29) is 6.10 Å². The van der Waals surface area contributed by atoms with Crippen molar-refractivity contribution >= 4 is 0 Å². The van der Waals surface area contributed by atoms with Crippen LogP contribution < -0.4 is 0 Å². The normalized spacial score (nSPS) is 45.8. The van der Waals surface area contributed by atoms with Gasteiger partial charge in [0.1, 0.15) is 0 Å². The molecule has 4 aliphatic carbocycles. The van der Waals surface area contributed by atoms with Crippen LogP contribution in [-0.2, 0) is 0 Å². The maximum atomic E-state index is 10.2. The summed E-state index contributed by atoms with van der Waals surface area (Å²) in [5.74, 6) is 4.60. The monoisotopic (exact) mass is 386 g/mol. The highest BCUT2D eigenvalue weighted by Crippen LogP contribution is 2.65. The van der Waals surface area contributed by atoms with E-state index in [1.54, 1.807) is 5.57 Å². The van der Waals surface area contributed by atoms with Crippen molar-refractivity contribution < 1.29 is 5.11 Å². The molecule has 1 N–H and O–H groups in total. The molecule has 0 aromatic carbocycles. The largest absolute Gasteiger partial charge is 0.393 e. The van der Waals surface area contributed by atoms with Gasteiger partial charge in [0.05, 0.1) is 6.10 Å². The third-order valence-electron chi connectivity index (χ3n) is 10.1. The van der Waals surface area contributed by atoms with Crippen LogP contribution in [-0.4, -0.2) is 11.2 Å². The molecule has 0 aromatic heterocycles. The number of hydrogen-bond acceptors (Lipinski definition) is 1. The summed E-state index contributed by atoms with van der Waals surface area (Å²) in [5, 5.41) is 10.2. The molecule has 0 radical (unpaired) electrons. The topological polar surface area (TPSA) is 20.2 Å². The highest BCUT2D eigenvalue weighted by Gasteiger charge is 2.56. The summed E-state index contributed by atoms with van der Waals surface area (Å²) in [5.41, 5.74) is 2.62. The van der Waals surface area contributed by atoms with E-state index in [1.807, 2.05) is 0 Å². The summed E-state index contributed by atoms with van der Waals surface area (Å²) in [6.07, 6.45) is 20.2. The van der Waals surface area contributed by atoms with E-state index in [0.717, 1.165) is 42.4 Å². The molecule has 0 bridgehead atoms. The van der Waals surface area contributed by atoms with E-state index in [2.05, 4.69) is 33.8 Å². The molecule has 0 saturated heterocycles. The van der Waals surface area contributed by atoms with E-state index in [4.69, 9.17) is 0 Å². The van der Waals surface area contributed by atoms with E-state index in [0.29, 0.717) is 10.8 Å². The highest BCUT2D eigenvalue weighted by molar-refractivity contribution is 5.25. The first-order chi connectivity index (χ1) is 13.3. The van der Waals surface area contributed by atoms with Crippen molar-refractivity contribution in [3.63, 3.8) is 0 Å². The second kappa shape index (κ2) is 8.09. The number of allylic oxidation sites excluding steroid dienone is 1.